The lowest BCUT2D eigenvalue weighted by atomic mass is 10.1. The second-order valence-electron chi connectivity index (χ2n) is 6.25. The third-order valence-electron chi connectivity index (χ3n) is 4.35. The highest BCUT2D eigenvalue weighted by Crippen LogP contribution is 2.34. The Morgan fingerprint density at radius 3 is 2.41 bits per heavy atom. The molecule has 0 saturated carbocycles. The van der Waals surface area contributed by atoms with Gasteiger partial charge >= 0.3 is 0 Å². The molecule has 3 heteroatoms. The zero-order chi connectivity index (χ0) is 18.5. The number of halogens is 1. The second-order valence-corrected chi connectivity index (χ2v) is 7.04. The van der Waals surface area contributed by atoms with Gasteiger partial charge in [0.05, 0.1) is 4.47 Å². The summed E-state index contributed by atoms with van der Waals surface area (Å²) in [7, 11) is 0. The van der Waals surface area contributed by atoms with Gasteiger partial charge in [-0.05, 0) is 67.7 Å². The number of hydrogen-bond donors (Lipinski definition) is 0. The Labute approximate surface area is 167 Å². The van der Waals surface area contributed by atoms with Crippen molar-refractivity contribution in [1.82, 2.24) is 4.98 Å². The number of benzene rings is 3. The lowest BCUT2D eigenvalue weighted by molar-refractivity contribution is 0.305. The normalized spacial score (nSPS) is 11.1. The van der Waals surface area contributed by atoms with E-state index in [0.717, 1.165) is 32.3 Å². The minimum absolute atomic E-state index is 0.553. The Kier molecular flexibility index (Phi) is 5.31. The molecule has 0 unspecified atom stereocenters. The highest BCUT2D eigenvalue weighted by molar-refractivity contribution is 9.10. The molecule has 1 aromatic heterocycles. The van der Waals surface area contributed by atoms with Crippen molar-refractivity contribution in [2.45, 2.75) is 6.61 Å². The summed E-state index contributed by atoms with van der Waals surface area (Å²) in [6.45, 7) is 0.553. The summed E-state index contributed by atoms with van der Waals surface area (Å²) in [5.74, 6) is 0.853. The Morgan fingerprint density at radius 1 is 0.815 bits per heavy atom. The van der Waals surface area contributed by atoms with Crippen molar-refractivity contribution in [3.8, 4) is 5.75 Å². The molecule has 0 aliphatic heterocycles. The molecule has 0 aliphatic carbocycles. The van der Waals surface area contributed by atoms with Gasteiger partial charge in [0, 0.05) is 12.4 Å². The average molecular weight is 416 g/mol. The topological polar surface area (TPSA) is 22.1 Å². The number of nitrogens with zero attached hydrogens (tertiary/aromatic N) is 1. The van der Waals surface area contributed by atoms with E-state index in [4.69, 9.17) is 4.74 Å². The van der Waals surface area contributed by atoms with E-state index >= 15 is 0 Å². The Balaban J connectivity index is 1.56. The van der Waals surface area contributed by atoms with Gasteiger partial charge in [-0.15, -0.1) is 0 Å². The van der Waals surface area contributed by atoms with Crippen LogP contribution in [0.5, 0.6) is 5.75 Å². The van der Waals surface area contributed by atoms with Crippen LogP contribution in [0.15, 0.2) is 89.7 Å². The molecule has 0 aliphatic rings. The summed E-state index contributed by atoms with van der Waals surface area (Å²) in [6, 6.07) is 24.7. The standard InChI is InChI=1S/C24H18BrNO/c25-24-22-10-8-19(7-6-18-12-14-26-15-13-18)16-21(22)9-11-23(24)27-17-20-4-2-1-3-5-20/h1-16H,17H2/b7-6+. The first-order chi connectivity index (χ1) is 13.3. The number of ether oxygens (including phenoxy) is 1. The summed E-state index contributed by atoms with van der Waals surface area (Å²) >= 11 is 3.71. The molecule has 2 nitrogen and oxygen atoms in total. The highest BCUT2D eigenvalue weighted by Gasteiger charge is 2.07. The smallest absolute Gasteiger partial charge is 0.134 e. The summed E-state index contributed by atoms with van der Waals surface area (Å²) in [5.41, 5.74) is 3.45. The lowest BCUT2D eigenvalue weighted by Gasteiger charge is -2.11. The van der Waals surface area contributed by atoms with E-state index in [1.54, 1.807) is 12.4 Å². The maximum Gasteiger partial charge on any atom is 0.134 e. The van der Waals surface area contributed by atoms with Gasteiger partial charge < -0.3 is 4.74 Å². The van der Waals surface area contributed by atoms with E-state index in [1.165, 1.54) is 5.39 Å². The van der Waals surface area contributed by atoms with Crippen LogP contribution in [0.1, 0.15) is 16.7 Å². The quantitative estimate of drug-likeness (QED) is 0.359. The van der Waals surface area contributed by atoms with Gasteiger partial charge in [-0.1, -0.05) is 60.7 Å². The summed E-state index contributed by atoms with van der Waals surface area (Å²) in [6.07, 6.45) is 7.81. The van der Waals surface area contributed by atoms with Crippen molar-refractivity contribution in [3.63, 3.8) is 0 Å². The molecule has 27 heavy (non-hydrogen) atoms. The molecule has 3 aromatic carbocycles. The fourth-order valence-corrected chi connectivity index (χ4v) is 3.52. The zero-order valence-corrected chi connectivity index (χ0v) is 16.3. The number of hydrogen-bond acceptors (Lipinski definition) is 2. The predicted octanol–water partition coefficient (Wildman–Crippen LogP) is 6.75. The molecule has 0 amide bonds. The number of rotatable bonds is 5. The van der Waals surface area contributed by atoms with Crippen LogP contribution in [0, 0.1) is 0 Å². The maximum absolute atomic E-state index is 6.00. The monoisotopic (exact) mass is 415 g/mol. The van der Waals surface area contributed by atoms with E-state index in [9.17, 15) is 0 Å². The van der Waals surface area contributed by atoms with Crippen LogP contribution < -0.4 is 4.74 Å². The Morgan fingerprint density at radius 2 is 1.59 bits per heavy atom. The first-order valence-electron chi connectivity index (χ1n) is 8.77. The average Bonchev–Trinajstić information content (AvgIpc) is 2.73. The SMILES string of the molecule is Brc1c(OCc2ccccc2)ccc2cc(/C=C/c3ccncc3)ccc12. The van der Waals surface area contributed by atoms with Gasteiger partial charge in [0.2, 0.25) is 0 Å². The van der Waals surface area contributed by atoms with Crippen molar-refractivity contribution in [2.24, 2.45) is 0 Å². The molecule has 132 valence electrons. The first kappa shape index (κ1) is 17.5. The molecule has 0 radical (unpaired) electrons. The van der Waals surface area contributed by atoms with Gasteiger partial charge in [0.25, 0.3) is 0 Å². The third kappa shape index (κ3) is 4.26. The van der Waals surface area contributed by atoms with Crippen LogP contribution >= 0.6 is 15.9 Å². The van der Waals surface area contributed by atoms with E-state index in [-0.39, 0.29) is 0 Å². The lowest BCUT2D eigenvalue weighted by Crippen LogP contribution is -1.96. The summed E-state index contributed by atoms with van der Waals surface area (Å²) in [5, 5.41) is 2.31. The molecule has 4 aromatic rings. The molecule has 0 bridgehead atoms. The molecule has 4 rings (SSSR count). The van der Waals surface area contributed by atoms with Crippen molar-refractivity contribution in [1.29, 1.82) is 0 Å². The van der Waals surface area contributed by atoms with Crippen molar-refractivity contribution >= 4 is 38.9 Å². The summed E-state index contributed by atoms with van der Waals surface area (Å²) in [4.78, 5) is 4.04. The number of aromatic nitrogens is 1. The van der Waals surface area contributed by atoms with Crippen molar-refractivity contribution < 1.29 is 4.74 Å². The fraction of sp³-hybridized carbons (Fsp3) is 0.0417. The van der Waals surface area contributed by atoms with E-state index in [0.29, 0.717) is 6.61 Å². The van der Waals surface area contributed by atoms with Crippen molar-refractivity contribution in [3.05, 3.63) is 106 Å². The van der Waals surface area contributed by atoms with E-state index in [1.807, 2.05) is 36.4 Å². The zero-order valence-electron chi connectivity index (χ0n) is 14.7. The molecule has 0 saturated heterocycles. The molecule has 0 fully saturated rings. The van der Waals surface area contributed by atoms with Crippen LogP contribution in [0.4, 0.5) is 0 Å². The van der Waals surface area contributed by atoms with Gasteiger partial charge in [-0.25, -0.2) is 0 Å². The van der Waals surface area contributed by atoms with E-state index in [2.05, 4.69) is 69.5 Å². The molecular weight excluding hydrogens is 398 g/mol. The molecule has 0 N–H and O–H groups in total. The van der Waals surface area contributed by atoms with Crippen LogP contribution in [0.25, 0.3) is 22.9 Å². The van der Waals surface area contributed by atoms with Crippen LogP contribution in [-0.2, 0) is 6.61 Å². The molecule has 0 atom stereocenters. The highest BCUT2D eigenvalue weighted by atomic mass is 79.9. The predicted molar refractivity (Wildman–Crippen MR) is 116 cm³/mol. The molecular formula is C24H18BrNO. The number of fused-ring (bicyclic) bond motifs is 1. The van der Waals surface area contributed by atoms with E-state index < -0.39 is 0 Å². The Bertz CT molecular complexity index is 1080. The minimum atomic E-state index is 0.553. The third-order valence-corrected chi connectivity index (χ3v) is 5.17. The number of pyridine rings is 1. The van der Waals surface area contributed by atoms with Gasteiger partial charge in [0.1, 0.15) is 12.4 Å². The second kappa shape index (κ2) is 8.19. The maximum atomic E-state index is 6.00. The van der Waals surface area contributed by atoms with Crippen LogP contribution in [0.3, 0.4) is 0 Å². The van der Waals surface area contributed by atoms with Gasteiger partial charge in [0.15, 0.2) is 0 Å². The van der Waals surface area contributed by atoms with Crippen molar-refractivity contribution in [2.75, 3.05) is 0 Å². The van der Waals surface area contributed by atoms with Crippen LogP contribution in [-0.4, -0.2) is 4.98 Å². The largest absolute Gasteiger partial charge is 0.488 e. The molecule has 0 spiro atoms. The van der Waals surface area contributed by atoms with Gasteiger partial charge in [-0.3, -0.25) is 4.98 Å². The van der Waals surface area contributed by atoms with Crippen LogP contribution in [0.2, 0.25) is 0 Å². The fourth-order valence-electron chi connectivity index (χ4n) is 2.91. The minimum Gasteiger partial charge on any atom is -0.488 e. The Hall–Kier alpha value is -2.91. The van der Waals surface area contributed by atoms with Gasteiger partial charge in [-0.2, -0.15) is 0 Å². The molecule has 1 heterocycles. The first-order valence-corrected chi connectivity index (χ1v) is 9.56. The summed E-state index contributed by atoms with van der Waals surface area (Å²) < 4.78 is 6.99.